The lowest BCUT2D eigenvalue weighted by Crippen LogP contribution is -2.48. The van der Waals surface area contributed by atoms with Crippen LogP contribution in [0.3, 0.4) is 0 Å². The normalized spacial score (nSPS) is 13.1. The predicted octanol–water partition coefficient (Wildman–Crippen LogP) is 2.53. The highest BCUT2D eigenvalue weighted by molar-refractivity contribution is 5.95. The molecule has 164 valence electrons. The van der Waals surface area contributed by atoms with E-state index in [2.05, 4.69) is 20.6 Å². The van der Waals surface area contributed by atoms with Gasteiger partial charge in [-0.15, -0.1) is 0 Å². The molecule has 0 saturated carbocycles. The van der Waals surface area contributed by atoms with E-state index >= 15 is 0 Å². The lowest BCUT2D eigenvalue weighted by atomic mass is 10.0. The van der Waals surface area contributed by atoms with Crippen molar-refractivity contribution < 1.29 is 23.1 Å². The molecule has 1 aromatic carbocycles. The van der Waals surface area contributed by atoms with Crippen molar-refractivity contribution in [2.75, 3.05) is 0 Å². The van der Waals surface area contributed by atoms with Gasteiger partial charge in [-0.2, -0.15) is 28.1 Å². The highest BCUT2D eigenvalue weighted by atomic mass is 19.4. The van der Waals surface area contributed by atoms with Crippen LogP contribution in [0.1, 0.15) is 36.7 Å². The number of aliphatic hydroxyl groups is 1. The summed E-state index contributed by atoms with van der Waals surface area (Å²) in [7, 11) is 0. The number of carbonyl (C=O) groups excluding carboxylic acids is 1. The Morgan fingerprint density at radius 1 is 1.23 bits per heavy atom. The number of nitrogens with one attached hydrogen (secondary N) is 2. The van der Waals surface area contributed by atoms with Crippen molar-refractivity contribution in [1.82, 2.24) is 25.3 Å². The molecular weight excluding hydrogens is 415 g/mol. The van der Waals surface area contributed by atoms with Crippen LogP contribution in [0, 0.1) is 0 Å². The van der Waals surface area contributed by atoms with Crippen LogP contribution in [0.15, 0.2) is 47.5 Å². The van der Waals surface area contributed by atoms with Crippen LogP contribution in [0.4, 0.5) is 13.2 Å². The first-order chi connectivity index (χ1) is 14.4. The summed E-state index contributed by atoms with van der Waals surface area (Å²) >= 11 is 0. The number of nitrogens with zero attached hydrogens (tertiary/aromatic N) is 3. The molecule has 0 spiro atoms. The van der Waals surface area contributed by atoms with Crippen molar-refractivity contribution in [3.63, 3.8) is 0 Å². The van der Waals surface area contributed by atoms with E-state index in [0.717, 1.165) is 16.8 Å². The molecule has 3 N–H and O–H groups in total. The molecule has 3 rings (SSSR count). The van der Waals surface area contributed by atoms with Gasteiger partial charge in [-0.25, -0.2) is 0 Å². The molecule has 11 heteroatoms. The molecule has 0 aliphatic heterocycles. The Balaban J connectivity index is 2.10. The zero-order valence-electron chi connectivity index (χ0n) is 16.9. The van der Waals surface area contributed by atoms with Gasteiger partial charge in [0.15, 0.2) is 0 Å². The number of alkyl halides is 3. The maximum Gasteiger partial charge on any atom is 0.416 e. The third-order valence-corrected chi connectivity index (χ3v) is 4.80. The zero-order chi connectivity index (χ0) is 23.0. The summed E-state index contributed by atoms with van der Waals surface area (Å²) < 4.78 is 39.5. The first-order valence-corrected chi connectivity index (χ1v) is 9.22. The zero-order valence-corrected chi connectivity index (χ0v) is 16.9. The van der Waals surface area contributed by atoms with Gasteiger partial charge in [0.1, 0.15) is 11.3 Å². The second kappa shape index (κ2) is 7.99. The largest absolute Gasteiger partial charge is 0.416 e. The monoisotopic (exact) mass is 435 g/mol. The molecule has 0 aliphatic rings. The number of aromatic amines is 1. The Labute approximate surface area is 174 Å². The standard InChI is InChI=1S/C20H20F3N5O3/c1-11(19(2,3)31)26-17(29)15-8-16(12-4-6-13(7-5-12)20(21,22)23)27-28(18(15)30)14-9-24-25-10-14/h4-11,31H,1-3H3,(H,24,25)(H,26,29)/t11-/m0/s1. The number of hydrogen-bond donors (Lipinski definition) is 3. The Morgan fingerprint density at radius 3 is 2.39 bits per heavy atom. The molecule has 0 fully saturated rings. The Kier molecular flexibility index (Phi) is 5.72. The van der Waals surface area contributed by atoms with E-state index in [0.29, 0.717) is 0 Å². The summed E-state index contributed by atoms with van der Waals surface area (Å²) in [6.45, 7) is 4.58. The van der Waals surface area contributed by atoms with Gasteiger partial charge in [-0.05, 0) is 39.0 Å². The molecular formula is C20H20F3N5O3. The van der Waals surface area contributed by atoms with E-state index in [1.165, 1.54) is 44.4 Å². The van der Waals surface area contributed by atoms with Crippen molar-refractivity contribution in [3.05, 3.63) is 64.2 Å². The molecule has 0 aliphatic carbocycles. The topological polar surface area (TPSA) is 113 Å². The third-order valence-electron chi connectivity index (χ3n) is 4.80. The first kappa shape index (κ1) is 22.2. The van der Waals surface area contributed by atoms with E-state index < -0.39 is 34.8 Å². The fraction of sp³-hybridized carbons (Fsp3) is 0.300. The van der Waals surface area contributed by atoms with Gasteiger partial charge in [0, 0.05) is 11.8 Å². The maximum absolute atomic E-state index is 12.9. The van der Waals surface area contributed by atoms with Crippen LogP contribution in [0.2, 0.25) is 0 Å². The highest BCUT2D eigenvalue weighted by Gasteiger charge is 2.30. The fourth-order valence-corrected chi connectivity index (χ4v) is 2.61. The smallest absolute Gasteiger partial charge is 0.388 e. The second-order valence-electron chi connectivity index (χ2n) is 7.54. The van der Waals surface area contributed by atoms with Gasteiger partial charge in [-0.1, -0.05) is 12.1 Å². The molecule has 0 radical (unpaired) electrons. The third kappa shape index (κ3) is 4.82. The average Bonchev–Trinajstić information content (AvgIpc) is 3.21. The molecule has 2 heterocycles. The minimum Gasteiger partial charge on any atom is -0.388 e. The minimum atomic E-state index is -4.50. The second-order valence-corrected chi connectivity index (χ2v) is 7.54. The van der Waals surface area contributed by atoms with E-state index in [4.69, 9.17) is 0 Å². The lowest BCUT2D eigenvalue weighted by molar-refractivity contribution is -0.137. The van der Waals surface area contributed by atoms with Gasteiger partial charge in [0.2, 0.25) is 0 Å². The summed E-state index contributed by atoms with van der Waals surface area (Å²) in [5, 5.41) is 23.1. The highest BCUT2D eigenvalue weighted by Crippen LogP contribution is 2.30. The molecule has 0 unspecified atom stereocenters. The summed E-state index contributed by atoms with van der Waals surface area (Å²) in [5.74, 6) is -0.757. The van der Waals surface area contributed by atoms with Crippen LogP contribution in [-0.4, -0.2) is 42.6 Å². The molecule has 8 nitrogen and oxygen atoms in total. The van der Waals surface area contributed by atoms with Gasteiger partial charge in [-0.3, -0.25) is 14.7 Å². The van der Waals surface area contributed by atoms with Crippen molar-refractivity contribution >= 4 is 5.91 Å². The van der Waals surface area contributed by atoms with Crippen molar-refractivity contribution in [3.8, 4) is 16.9 Å². The maximum atomic E-state index is 12.9. The number of benzene rings is 1. The van der Waals surface area contributed by atoms with Gasteiger partial charge in [0.25, 0.3) is 11.5 Å². The summed E-state index contributed by atoms with van der Waals surface area (Å²) in [6.07, 6.45) is -1.81. The number of H-pyrrole nitrogens is 1. The number of halogens is 3. The minimum absolute atomic E-state index is 0.107. The van der Waals surface area contributed by atoms with Crippen molar-refractivity contribution in [2.24, 2.45) is 0 Å². The van der Waals surface area contributed by atoms with E-state index in [-0.39, 0.29) is 22.5 Å². The SMILES string of the molecule is C[C@H](NC(=O)c1cc(-c2ccc(C(F)(F)F)cc2)nn(-c2cn[nH]c2)c1=O)C(C)(C)O. The summed E-state index contributed by atoms with van der Waals surface area (Å²) in [4.78, 5) is 25.7. The summed E-state index contributed by atoms with van der Waals surface area (Å²) in [5.41, 5.74) is -2.51. The van der Waals surface area contributed by atoms with Crippen molar-refractivity contribution in [2.45, 2.75) is 38.6 Å². The van der Waals surface area contributed by atoms with Gasteiger partial charge >= 0.3 is 6.18 Å². The number of aromatic nitrogens is 4. The molecule has 0 saturated heterocycles. The Bertz CT molecular complexity index is 1130. The lowest BCUT2D eigenvalue weighted by Gasteiger charge is -2.26. The fourth-order valence-electron chi connectivity index (χ4n) is 2.61. The van der Waals surface area contributed by atoms with E-state index in [9.17, 15) is 27.9 Å². The number of hydrogen-bond acceptors (Lipinski definition) is 5. The van der Waals surface area contributed by atoms with Gasteiger partial charge < -0.3 is 10.4 Å². The number of rotatable bonds is 5. The molecule has 1 amide bonds. The molecule has 31 heavy (non-hydrogen) atoms. The number of carbonyl (C=O) groups is 1. The Hall–Kier alpha value is -3.47. The predicted molar refractivity (Wildman–Crippen MR) is 106 cm³/mol. The van der Waals surface area contributed by atoms with Crippen molar-refractivity contribution in [1.29, 1.82) is 0 Å². The molecule has 2 aromatic heterocycles. The quantitative estimate of drug-likeness (QED) is 0.570. The number of amides is 1. The summed E-state index contributed by atoms with van der Waals surface area (Å²) in [6, 6.07) is 4.70. The van der Waals surface area contributed by atoms with Crippen LogP contribution in [-0.2, 0) is 6.18 Å². The Morgan fingerprint density at radius 2 is 1.87 bits per heavy atom. The van der Waals surface area contributed by atoms with E-state index in [1.54, 1.807) is 6.92 Å². The average molecular weight is 435 g/mol. The molecule has 1 atom stereocenters. The van der Waals surface area contributed by atoms with Crippen LogP contribution >= 0.6 is 0 Å². The van der Waals surface area contributed by atoms with Crippen LogP contribution in [0.25, 0.3) is 16.9 Å². The van der Waals surface area contributed by atoms with Crippen LogP contribution in [0.5, 0.6) is 0 Å². The van der Waals surface area contributed by atoms with Crippen LogP contribution < -0.4 is 10.9 Å². The molecule has 0 bridgehead atoms. The van der Waals surface area contributed by atoms with E-state index in [1.807, 2.05) is 0 Å². The first-order valence-electron chi connectivity index (χ1n) is 9.22. The molecule has 3 aromatic rings. The van der Waals surface area contributed by atoms with Gasteiger partial charge in [0.05, 0.1) is 29.1 Å².